The second-order valence-electron chi connectivity index (χ2n) is 2.82. The summed E-state index contributed by atoms with van der Waals surface area (Å²) >= 11 is 0. The van der Waals surface area contributed by atoms with Crippen molar-refractivity contribution in [3.63, 3.8) is 0 Å². The molecule has 4 heteroatoms. The van der Waals surface area contributed by atoms with Crippen molar-refractivity contribution in [2.45, 2.75) is 25.8 Å². The fourth-order valence-corrected chi connectivity index (χ4v) is 0.695. The number of hydrogen-bond acceptors (Lipinski definition) is 1. The molecule has 0 bridgehead atoms. The second-order valence-corrected chi connectivity index (χ2v) is 2.82. The molecule has 1 rings (SSSR count). The van der Waals surface area contributed by atoms with E-state index in [1.54, 1.807) is 0 Å². The summed E-state index contributed by atoms with van der Waals surface area (Å²) in [7, 11) is 0. The topological polar surface area (TPSA) is 26.0 Å². The van der Waals surface area contributed by atoms with Crippen LogP contribution in [0.5, 0.6) is 0 Å². The maximum absolute atomic E-state index is 12.2. The van der Waals surface area contributed by atoms with Gasteiger partial charge in [0.1, 0.15) is 0 Å². The Morgan fingerprint density at radius 2 is 1.44 bits per heavy atom. The largest absolute Gasteiger partial charge is 0.322 e. The van der Waals surface area contributed by atoms with Crippen LogP contribution in [0.15, 0.2) is 0 Å². The van der Waals surface area contributed by atoms with Crippen molar-refractivity contribution in [2.75, 3.05) is 0 Å². The van der Waals surface area contributed by atoms with Crippen molar-refractivity contribution in [1.82, 2.24) is 0 Å². The molecule has 0 amide bonds. The number of alkyl halides is 2. The predicted octanol–water partition coefficient (Wildman–Crippen LogP) is 1.41. The molecule has 0 heterocycles. The minimum Gasteiger partial charge on any atom is -0.322 e. The van der Waals surface area contributed by atoms with E-state index in [2.05, 4.69) is 0 Å². The number of hydrogen-bond donors (Lipinski definition) is 1. The first-order valence-corrected chi connectivity index (χ1v) is 2.54. The molecule has 0 aromatic heterocycles. The Hall–Kier alpha value is 0.110. The maximum atomic E-state index is 12.2. The van der Waals surface area contributed by atoms with Crippen LogP contribution < -0.4 is 5.73 Å². The third-order valence-electron chi connectivity index (χ3n) is 1.94. The first-order chi connectivity index (χ1) is 3.40. The summed E-state index contributed by atoms with van der Waals surface area (Å²) < 4.78 is 24.4. The minimum absolute atomic E-state index is 0. The van der Waals surface area contributed by atoms with Crippen LogP contribution in [0.25, 0.3) is 0 Å². The molecular formula is C5H10ClF2N. The fourth-order valence-electron chi connectivity index (χ4n) is 0.695. The first kappa shape index (κ1) is 9.11. The van der Waals surface area contributed by atoms with Gasteiger partial charge in [-0.1, -0.05) is 13.8 Å². The van der Waals surface area contributed by atoms with Gasteiger partial charge in [-0.05, 0) is 0 Å². The smallest absolute Gasteiger partial charge is 0.270 e. The average molecular weight is 158 g/mol. The lowest BCUT2D eigenvalue weighted by molar-refractivity contribution is 0.0730. The standard InChI is InChI=1S/C5H9F2N.ClH/c1-4(2)3(8)5(4,6)7;/h3H,8H2,1-2H3;1H. The monoisotopic (exact) mass is 157 g/mol. The molecule has 1 nitrogen and oxygen atoms in total. The number of rotatable bonds is 0. The Kier molecular flexibility index (Phi) is 1.82. The highest BCUT2D eigenvalue weighted by atomic mass is 35.5. The molecule has 9 heavy (non-hydrogen) atoms. The van der Waals surface area contributed by atoms with E-state index in [1.807, 2.05) is 0 Å². The molecule has 1 aliphatic carbocycles. The summed E-state index contributed by atoms with van der Waals surface area (Å²) in [4.78, 5) is 0. The summed E-state index contributed by atoms with van der Waals surface area (Å²) in [5, 5.41) is 0. The van der Waals surface area contributed by atoms with Gasteiger partial charge in [-0.25, -0.2) is 8.78 Å². The van der Waals surface area contributed by atoms with Crippen LogP contribution >= 0.6 is 12.4 Å². The molecule has 1 fully saturated rings. The van der Waals surface area contributed by atoms with Crippen LogP contribution in [-0.2, 0) is 0 Å². The average Bonchev–Trinajstić information content (AvgIpc) is 1.88. The molecule has 0 saturated heterocycles. The van der Waals surface area contributed by atoms with E-state index in [0.717, 1.165) is 0 Å². The highest BCUT2D eigenvalue weighted by Crippen LogP contribution is 2.58. The zero-order valence-corrected chi connectivity index (χ0v) is 6.14. The quantitative estimate of drug-likeness (QED) is 0.566. The zero-order valence-electron chi connectivity index (χ0n) is 5.32. The Morgan fingerprint density at radius 1 is 1.33 bits per heavy atom. The van der Waals surface area contributed by atoms with Gasteiger partial charge in [0.2, 0.25) is 0 Å². The summed E-state index contributed by atoms with van der Waals surface area (Å²) in [5.74, 6) is -2.62. The van der Waals surface area contributed by atoms with Crippen molar-refractivity contribution in [2.24, 2.45) is 11.1 Å². The molecule has 0 aromatic carbocycles. The minimum atomic E-state index is -2.62. The van der Waals surface area contributed by atoms with Gasteiger partial charge in [0.15, 0.2) is 0 Å². The Balaban J connectivity index is 0.000000640. The van der Waals surface area contributed by atoms with Gasteiger partial charge >= 0.3 is 0 Å². The Bertz CT molecular complexity index is 110. The van der Waals surface area contributed by atoms with E-state index >= 15 is 0 Å². The summed E-state index contributed by atoms with van der Waals surface area (Å²) in [5.41, 5.74) is 4.08. The van der Waals surface area contributed by atoms with Crippen LogP contribution in [-0.4, -0.2) is 12.0 Å². The van der Waals surface area contributed by atoms with E-state index in [1.165, 1.54) is 13.8 Å². The van der Waals surface area contributed by atoms with Crippen LogP contribution in [0.2, 0.25) is 0 Å². The normalized spacial score (nSPS) is 35.0. The van der Waals surface area contributed by atoms with Gasteiger partial charge in [0.05, 0.1) is 11.5 Å². The third-order valence-corrected chi connectivity index (χ3v) is 1.94. The SMILES string of the molecule is CC1(C)C(N)C1(F)F.Cl. The van der Waals surface area contributed by atoms with E-state index in [9.17, 15) is 8.78 Å². The molecule has 1 atom stereocenters. The molecule has 1 aliphatic rings. The van der Waals surface area contributed by atoms with Gasteiger partial charge in [-0.3, -0.25) is 0 Å². The number of halogens is 3. The lowest BCUT2D eigenvalue weighted by Gasteiger charge is -1.95. The van der Waals surface area contributed by atoms with Crippen LogP contribution in [0.4, 0.5) is 8.78 Å². The van der Waals surface area contributed by atoms with Crippen molar-refractivity contribution >= 4 is 12.4 Å². The Morgan fingerprint density at radius 3 is 1.44 bits per heavy atom. The lowest BCUT2D eigenvalue weighted by Crippen LogP contribution is -2.09. The summed E-state index contributed by atoms with van der Waals surface area (Å²) in [6.45, 7) is 2.94. The molecule has 0 aromatic rings. The molecule has 0 aliphatic heterocycles. The molecule has 1 saturated carbocycles. The van der Waals surface area contributed by atoms with Crippen LogP contribution in [0.3, 0.4) is 0 Å². The second kappa shape index (κ2) is 1.80. The van der Waals surface area contributed by atoms with E-state index < -0.39 is 17.4 Å². The van der Waals surface area contributed by atoms with Crippen molar-refractivity contribution in [1.29, 1.82) is 0 Å². The van der Waals surface area contributed by atoms with E-state index in [0.29, 0.717) is 0 Å². The van der Waals surface area contributed by atoms with Gasteiger partial charge in [0, 0.05) is 0 Å². The van der Waals surface area contributed by atoms with Crippen LogP contribution in [0, 0.1) is 5.41 Å². The van der Waals surface area contributed by atoms with Gasteiger partial charge in [-0.2, -0.15) is 0 Å². The molecule has 0 radical (unpaired) electrons. The highest BCUT2D eigenvalue weighted by Gasteiger charge is 2.73. The molecule has 56 valence electrons. The van der Waals surface area contributed by atoms with Crippen molar-refractivity contribution in [3.8, 4) is 0 Å². The van der Waals surface area contributed by atoms with Gasteiger partial charge < -0.3 is 5.73 Å². The molecule has 0 spiro atoms. The zero-order chi connectivity index (χ0) is 6.58. The molecule has 1 unspecified atom stereocenters. The third kappa shape index (κ3) is 0.829. The predicted molar refractivity (Wildman–Crippen MR) is 34.0 cm³/mol. The van der Waals surface area contributed by atoms with E-state index in [4.69, 9.17) is 5.73 Å². The Labute approximate surface area is 59.0 Å². The van der Waals surface area contributed by atoms with Gasteiger partial charge in [0.25, 0.3) is 5.92 Å². The van der Waals surface area contributed by atoms with Crippen molar-refractivity contribution < 1.29 is 8.78 Å². The summed E-state index contributed by atoms with van der Waals surface area (Å²) in [6, 6.07) is -0.921. The summed E-state index contributed by atoms with van der Waals surface area (Å²) in [6.07, 6.45) is 0. The maximum Gasteiger partial charge on any atom is 0.270 e. The van der Waals surface area contributed by atoms with Crippen molar-refractivity contribution in [3.05, 3.63) is 0 Å². The van der Waals surface area contributed by atoms with Gasteiger partial charge in [-0.15, -0.1) is 12.4 Å². The molecule has 2 N–H and O–H groups in total. The molecular weight excluding hydrogens is 148 g/mol. The van der Waals surface area contributed by atoms with Crippen LogP contribution in [0.1, 0.15) is 13.8 Å². The fraction of sp³-hybridized carbons (Fsp3) is 1.00. The highest BCUT2D eigenvalue weighted by molar-refractivity contribution is 5.85. The van der Waals surface area contributed by atoms with E-state index in [-0.39, 0.29) is 12.4 Å². The first-order valence-electron chi connectivity index (χ1n) is 2.54. The number of nitrogens with two attached hydrogens (primary N) is 1. The lowest BCUT2D eigenvalue weighted by atomic mass is 10.2.